The quantitative estimate of drug-likeness (QED) is 0.587. The van der Waals surface area contributed by atoms with Gasteiger partial charge < -0.3 is 9.84 Å². The molecule has 0 aliphatic heterocycles. The maximum absolute atomic E-state index is 14.4. The fourth-order valence-corrected chi connectivity index (χ4v) is 3.04. The van der Waals surface area contributed by atoms with Gasteiger partial charge in [-0.05, 0) is 61.4 Å². The SMILES string of the molecule is Cc1cc(COc2c(F)cc(C[C@@H](C)C(=O)O)cc2F)n(-c2ccc(Cl)cc2)n1. The molecule has 2 aromatic carbocycles. The van der Waals surface area contributed by atoms with Crippen LogP contribution in [0.4, 0.5) is 8.78 Å². The Morgan fingerprint density at radius 2 is 1.83 bits per heavy atom. The summed E-state index contributed by atoms with van der Waals surface area (Å²) < 4.78 is 35.8. The van der Waals surface area contributed by atoms with Crippen molar-refractivity contribution in [3.63, 3.8) is 0 Å². The fourth-order valence-electron chi connectivity index (χ4n) is 2.92. The van der Waals surface area contributed by atoms with E-state index < -0.39 is 29.3 Å². The van der Waals surface area contributed by atoms with Crippen LogP contribution < -0.4 is 4.74 Å². The van der Waals surface area contributed by atoms with E-state index in [9.17, 15) is 13.6 Å². The van der Waals surface area contributed by atoms with Crippen molar-refractivity contribution in [3.8, 4) is 11.4 Å². The molecule has 0 saturated carbocycles. The van der Waals surface area contributed by atoms with E-state index in [1.807, 2.05) is 0 Å². The van der Waals surface area contributed by atoms with Gasteiger partial charge in [-0.2, -0.15) is 5.10 Å². The van der Waals surface area contributed by atoms with Gasteiger partial charge in [0, 0.05) is 5.02 Å². The molecule has 1 aromatic heterocycles. The van der Waals surface area contributed by atoms with Crippen LogP contribution in [0.25, 0.3) is 5.69 Å². The number of aromatic nitrogens is 2. The molecule has 5 nitrogen and oxygen atoms in total. The number of nitrogens with zero attached hydrogens (tertiary/aromatic N) is 2. The Morgan fingerprint density at radius 1 is 1.21 bits per heavy atom. The lowest BCUT2D eigenvalue weighted by molar-refractivity contribution is -0.141. The number of halogens is 3. The third-order valence-electron chi connectivity index (χ3n) is 4.36. The van der Waals surface area contributed by atoms with Crippen LogP contribution in [0, 0.1) is 24.5 Å². The summed E-state index contributed by atoms with van der Waals surface area (Å²) in [7, 11) is 0. The highest BCUT2D eigenvalue weighted by Crippen LogP contribution is 2.26. The smallest absolute Gasteiger partial charge is 0.306 e. The normalized spacial score (nSPS) is 12.0. The second-order valence-corrected chi connectivity index (χ2v) is 7.22. The highest BCUT2D eigenvalue weighted by atomic mass is 35.5. The molecule has 8 heteroatoms. The Morgan fingerprint density at radius 3 is 2.41 bits per heavy atom. The van der Waals surface area contributed by atoms with E-state index in [4.69, 9.17) is 21.4 Å². The number of ether oxygens (including phenoxy) is 1. The van der Waals surface area contributed by atoms with Crippen molar-refractivity contribution in [1.29, 1.82) is 0 Å². The summed E-state index contributed by atoms with van der Waals surface area (Å²) >= 11 is 5.91. The van der Waals surface area contributed by atoms with Crippen molar-refractivity contribution in [2.75, 3.05) is 0 Å². The number of carbonyl (C=O) groups is 1. The standard InChI is InChI=1S/C21H19ClF2N2O3/c1-12(21(27)28)7-14-9-18(23)20(19(24)10-14)29-11-17-8-13(2)25-26(17)16-5-3-15(22)4-6-16/h3-6,8-10,12H,7,11H2,1-2H3,(H,27,28)/t12-/m1/s1. The summed E-state index contributed by atoms with van der Waals surface area (Å²) in [6, 6.07) is 10.9. The highest BCUT2D eigenvalue weighted by Gasteiger charge is 2.18. The molecule has 0 fully saturated rings. The van der Waals surface area contributed by atoms with Crippen molar-refractivity contribution >= 4 is 17.6 Å². The van der Waals surface area contributed by atoms with E-state index in [1.165, 1.54) is 6.92 Å². The molecule has 152 valence electrons. The average Bonchev–Trinajstić information content (AvgIpc) is 3.02. The number of benzene rings is 2. The van der Waals surface area contributed by atoms with Crippen LogP contribution in [0.2, 0.25) is 5.02 Å². The minimum Gasteiger partial charge on any atom is -0.481 e. The molecular formula is C21H19ClF2N2O3. The first-order valence-electron chi connectivity index (χ1n) is 8.89. The zero-order chi connectivity index (χ0) is 21.1. The van der Waals surface area contributed by atoms with Gasteiger partial charge in [-0.1, -0.05) is 18.5 Å². The summed E-state index contributed by atoms with van der Waals surface area (Å²) in [6.07, 6.45) is 0.0198. The molecule has 1 N–H and O–H groups in total. The summed E-state index contributed by atoms with van der Waals surface area (Å²) in [5.74, 6) is -4.06. The van der Waals surface area contributed by atoms with Crippen molar-refractivity contribution in [2.24, 2.45) is 5.92 Å². The number of hydrogen-bond donors (Lipinski definition) is 1. The molecule has 0 amide bonds. The van der Waals surface area contributed by atoms with Crippen LogP contribution in [0.3, 0.4) is 0 Å². The zero-order valence-electron chi connectivity index (χ0n) is 15.8. The van der Waals surface area contributed by atoms with Crippen LogP contribution in [0.5, 0.6) is 5.75 Å². The van der Waals surface area contributed by atoms with Crippen molar-refractivity contribution < 1.29 is 23.4 Å². The molecule has 1 heterocycles. The number of carboxylic acids is 1. The molecule has 0 spiro atoms. The summed E-state index contributed by atoms with van der Waals surface area (Å²) in [4.78, 5) is 10.9. The van der Waals surface area contributed by atoms with Crippen molar-refractivity contribution in [1.82, 2.24) is 9.78 Å². The molecule has 0 aliphatic rings. The molecule has 0 unspecified atom stereocenters. The Bertz CT molecular complexity index is 1010. The van der Waals surface area contributed by atoms with Gasteiger partial charge in [0.15, 0.2) is 17.4 Å². The van der Waals surface area contributed by atoms with Crippen LogP contribution in [-0.2, 0) is 17.8 Å². The number of aryl methyl sites for hydroxylation is 1. The number of rotatable bonds is 7. The van der Waals surface area contributed by atoms with Crippen LogP contribution in [0.1, 0.15) is 23.9 Å². The minimum absolute atomic E-state index is 0.0198. The van der Waals surface area contributed by atoms with Gasteiger partial charge in [0.1, 0.15) is 6.61 Å². The second-order valence-electron chi connectivity index (χ2n) is 6.79. The Balaban J connectivity index is 1.80. The molecule has 0 aliphatic carbocycles. The molecular weight excluding hydrogens is 402 g/mol. The molecule has 0 saturated heterocycles. The van der Waals surface area contributed by atoms with Crippen molar-refractivity contribution in [2.45, 2.75) is 26.9 Å². The van der Waals surface area contributed by atoms with Gasteiger partial charge in [0.2, 0.25) is 0 Å². The van der Waals surface area contributed by atoms with Gasteiger partial charge in [-0.25, -0.2) is 13.5 Å². The lowest BCUT2D eigenvalue weighted by atomic mass is 10.0. The predicted octanol–water partition coefficient (Wildman–Crippen LogP) is 4.95. The number of carboxylic acid groups (broad SMARTS) is 1. The fraction of sp³-hybridized carbons (Fsp3) is 0.238. The molecule has 1 atom stereocenters. The summed E-state index contributed by atoms with van der Waals surface area (Å²) in [6.45, 7) is 3.17. The van der Waals surface area contributed by atoms with Crippen LogP contribution in [-0.4, -0.2) is 20.9 Å². The van der Waals surface area contributed by atoms with Crippen molar-refractivity contribution in [3.05, 3.63) is 76.1 Å². The molecule has 0 radical (unpaired) electrons. The van der Waals surface area contributed by atoms with Crippen LogP contribution in [0.15, 0.2) is 42.5 Å². The maximum atomic E-state index is 14.4. The molecule has 3 aromatic rings. The maximum Gasteiger partial charge on any atom is 0.306 e. The highest BCUT2D eigenvalue weighted by molar-refractivity contribution is 6.30. The Hall–Kier alpha value is -2.93. The number of hydrogen-bond acceptors (Lipinski definition) is 3. The number of aliphatic carboxylic acids is 1. The molecule has 3 rings (SSSR count). The van der Waals surface area contributed by atoms with Gasteiger partial charge in [0.05, 0.1) is 23.0 Å². The third-order valence-corrected chi connectivity index (χ3v) is 4.61. The van der Waals surface area contributed by atoms with Gasteiger partial charge in [0.25, 0.3) is 0 Å². The van der Waals surface area contributed by atoms with E-state index >= 15 is 0 Å². The second kappa shape index (κ2) is 8.61. The summed E-state index contributed by atoms with van der Waals surface area (Å²) in [5, 5.41) is 13.9. The largest absolute Gasteiger partial charge is 0.481 e. The first-order chi connectivity index (χ1) is 13.7. The van der Waals surface area contributed by atoms with Gasteiger partial charge >= 0.3 is 5.97 Å². The topological polar surface area (TPSA) is 64.3 Å². The van der Waals surface area contributed by atoms with Gasteiger partial charge in [-0.15, -0.1) is 0 Å². The lowest BCUT2D eigenvalue weighted by Crippen LogP contribution is -2.13. The van der Waals surface area contributed by atoms with Crippen LogP contribution >= 0.6 is 11.6 Å². The lowest BCUT2D eigenvalue weighted by Gasteiger charge is -2.12. The molecule has 0 bridgehead atoms. The third kappa shape index (κ3) is 4.92. The van der Waals surface area contributed by atoms with E-state index in [0.717, 1.165) is 23.5 Å². The van der Waals surface area contributed by atoms with E-state index in [2.05, 4.69) is 5.10 Å². The Labute approximate surface area is 171 Å². The first kappa shape index (κ1) is 20.8. The Kier molecular flexibility index (Phi) is 6.17. The predicted molar refractivity (Wildman–Crippen MR) is 105 cm³/mol. The monoisotopic (exact) mass is 420 g/mol. The summed E-state index contributed by atoms with van der Waals surface area (Å²) in [5.41, 5.74) is 2.31. The van der Waals surface area contributed by atoms with Gasteiger partial charge in [-0.3, -0.25) is 4.79 Å². The van der Waals surface area contributed by atoms with E-state index in [1.54, 1.807) is 41.9 Å². The average molecular weight is 421 g/mol. The molecule has 29 heavy (non-hydrogen) atoms. The zero-order valence-corrected chi connectivity index (χ0v) is 16.6. The first-order valence-corrected chi connectivity index (χ1v) is 9.27. The minimum atomic E-state index is -1.03. The van der Waals surface area contributed by atoms with E-state index in [0.29, 0.717) is 10.7 Å². The van der Waals surface area contributed by atoms with E-state index in [-0.39, 0.29) is 18.6 Å².